The number of rotatable bonds is 5. The highest BCUT2D eigenvalue weighted by molar-refractivity contribution is 5.85. The van der Waals surface area contributed by atoms with Gasteiger partial charge in [-0.05, 0) is 18.0 Å². The molecule has 1 aromatic heterocycles. The number of hydrogen-bond donors (Lipinski definition) is 1. The highest BCUT2D eigenvalue weighted by Crippen LogP contribution is 2.32. The number of aryl methyl sites for hydroxylation is 1. The lowest BCUT2D eigenvalue weighted by atomic mass is 9.89. The molecule has 0 unspecified atom stereocenters. The summed E-state index contributed by atoms with van der Waals surface area (Å²) in [6, 6.07) is 10.6. The van der Waals surface area contributed by atoms with E-state index in [0.29, 0.717) is 24.3 Å². The van der Waals surface area contributed by atoms with E-state index in [0.717, 1.165) is 31.9 Å². The van der Waals surface area contributed by atoms with Crippen molar-refractivity contribution in [2.24, 2.45) is 11.7 Å². The van der Waals surface area contributed by atoms with Crippen molar-refractivity contribution >= 4 is 12.4 Å². The first-order valence-electron chi connectivity index (χ1n) is 7.59. The van der Waals surface area contributed by atoms with Crippen LogP contribution in [0.15, 0.2) is 34.9 Å². The minimum atomic E-state index is 0. The van der Waals surface area contributed by atoms with Crippen LogP contribution in [0.4, 0.5) is 0 Å². The molecule has 1 aromatic carbocycles. The molecule has 2 N–H and O–H groups in total. The molecule has 0 radical (unpaired) electrons. The van der Waals surface area contributed by atoms with Gasteiger partial charge in [-0.25, -0.2) is 0 Å². The molecule has 1 aliphatic heterocycles. The molecule has 2 atom stereocenters. The second-order valence-electron chi connectivity index (χ2n) is 5.66. The summed E-state index contributed by atoms with van der Waals surface area (Å²) in [6.45, 7) is 5.46. The molecule has 0 spiro atoms. The van der Waals surface area contributed by atoms with Gasteiger partial charge in [-0.1, -0.05) is 42.4 Å². The van der Waals surface area contributed by atoms with Gasteiger partial charge in [0.25, 0.3) is 0 Å². The number of likely N-dealkylation sites (tertiary alicyclic amines) is 1. The molecule has 1 fully saturated rings. The Labute approximate surface area is 137 Å². The van der Waals surface area contributed by atoms with Crippen molar-refractivity contribution in [3.63, 3.8) is 0 Å². The van der Waals surface area contributed by atoms with Gasteiger partial charge < -0.3 is 10.3 Å². The Bertz CT molecular complexity index is 575. The lowest BCUT2D eigenvalue weighted by molar-refractivity contribution is 0.298. The Hall–Kier alpha value is -1.43. The van der Waals surface area contributed by atoms with Gasteiger partial charge in [0.2, 0.25) is 5.89 Å². The third-order valence-corrected chi connectivity index (χ3v) is 4.22. The Morgan fingerprint density at radius 1 is 1.27 bits per heavy atom. The number of aromatic nitrogens is 2. The summed E-state index contributed by atoms with van der Waals surface area (Å²) < 4.78 is 5.18. The molecule has 120 valence electrons. The van der Waals surface area contributed by atoms with Crippen molar-refractivity contribution in [1.82, 2.24) is 15.0 Å². The first-order valence-corrected chi connectivity index (χ1v) is 7.59. The Kier molecular flexibility index (Phi) is 5.94. The summed E-state index contributed by atoms with van der Waals surface area (Å²) in [4.78, 5) is 6.76. The van der Waals surface area contributed by atoms with Gasteiger partial charge in [-0.15, -0.1) is 12.4 Å². The van der Waals surface area contributed by atoms with Gasteiger partial charge in [-0.2, -0.15) is 4.98 Å². The zero-order valence-electron chi connectivity index (χ0n) is 12.8. The molecule has 1 aliphatic rings. The second-order valence-corrected chi connectivity index (χ2v) is 5.66. The van der Waals surface area contributed by atoms with E-state index in [-0.39, 0.29) is 12.4 Å². The fourth-order valence-corrected chi connectivity index (χ4v) is 3.10. The Morgan fingerprint density at radius 2 is 2.05 bits per heavy atom. The molecule has 0 amide bonds. The van der Waals surface area contributed by atoms with E-state index in [2.05, 4.69) is 45.4 Å². The number of benzene rings is 1. The normalized spacial score (nSPS) is 21.7. The van der Waals surface area contributed by atoms with Crippen molar-refractivity contribution in [3.05, 3.63) is 47.6 Å². The maximum absolute atomic E-state index is 5.97. The fraction of sp³-hybridized carbons (Fsp3) is 0.500. The van der Waals surface area contributed by atoms with Crippen LogP contribution in [0, 0.1) is 5.92 Å². The van der Waals surface area contributed by atoms with Crippen molar-refractivity contribution < 1.29 is 4.52 Å². The fourth-order valence-electron chi connectivity index (χ4n) is 3.10. The summed E-state index contributed by atoms with van der Waals surface area (Å²) in [7, 11) is 0. The minimum absolute atomic E-state index is 0. The van der Waals surface area contributed by atoms with E-state index in [4.69, 9.17) is 10.3 Å². The SMILES string of the molecule is CCc1nc(CN2C[C@@H](CN)[C@H](c3ccccc3)C2)no1.Cl. The number of hydrogen-bond acceptors (Lipinski definition) is 5. The summed E-state index contributed by atoms with van der Waals surface area (Å²) in [5.41, 5.74) is 7.34. The van der Waals surface area contributed by atoms with E-state index in [1.807, 2.05) is 6.92 Å². The van der Waals surface area contributed by atoms with Gasteiger partial charge >= 0.3 is 0 Å². The first kappa shape index (κ1) is 16.9. The highest BCUT2D eigenvalue weighted by Gasteiger charge is 2.33. The molecular formula is C16H23ClN4O. The van der Waals surface area contributed by atoms with Crippen molar-refractivity contribution in [2.45, 2.75) is 25.8 Å². The van der Waals surface area contributed by atoms with Crippen LogP contribution in [0.5, 0.6) is 0 Å². The van der Waals surface area contributed by atoms with Crippen LogP contribution in [0.25, 0.3) is 0 Å². The van der Waals surface area contributed by atoms with Crippen LogP contribution in [-0.4, -0.2) is 34.7 Å². The molecule has 6 heteroatoms. The van der Waals surface area contributed by atoms with Crippen LogP contribution in [-0.2, 0) is 13.0 Å². The Balaban J connectivity index is 0.00000176. The topological polar surface area (TPSA) is 68.2 Å². The van der Waals surface area contributed by atoms with Gasteiger partial charge in [0.15, 0.2) is 5.82 Å². The third kappa shape index (κ3) is 3.66. The van der Waals surface area contributed by atoms with Crippen LogP contribution in [0.1, 0.15) is 30.1 Å². The van der Waals surface area contributed by atoms with Gasteiger partial charge in [0.1, 0.15) is 0 Å². The molecule has 2 heterocycles. The second kappa shape index (κ2) is 7.72. The molecule has 0 bridgehead atoms. The highest BCUT2D eigenvalue weighted by atomic mass is 35.5. The summed E-state index contributed by atoms with van der Waals surface area (Å²) in [5.74, 6) is 2.47. The van der Waals surface area contributed by atoms with E-state index in [1.165, 1.54) is 5.56 Å². The quantitative estimate of drug-likeness (QED) is 0.914. The predicted molar refractivity (Wildman–Crippen MR) is 87.9 cm³/mol. The van der Waals surface area contributed by atoms with Crippen LogP contribution in [0.3, 0.4) is 0 Å². The molecule has 5 nitrogen and oxygen atoms in total. The summed E-state index contributed by atoms with van der Waals surface area (Å²) in [6.07, 6.45) is 0.783. The lowest BCUT2D eigenvalue weighted by Crippen LogP contribution is -2.23. The molecule has 0 aliphatic carbocycles. The third-order valence-electron chi connectivity index (χ3n) is 4.22. The smallest absolute Gasteiger partial charge is 0.226 e. The Morgan fingerprint density at radius 3 is 2.68 bits per heavy atom. The zero-order valence-corrected chi connectivity index (χ0v) is 13.6. The van der Waals surface area contributed by atoms with Crippen molar-refractivity contribution in [1.29, 1.82) is 0 Å². The van der Waals surface area contributed by atoms with E-state index < -0.39 is 0 Å². The average molecular weight is 323 g/mol. The maximum atomic E-state index is 5.97. The molecule has 2 aromatic rings. The molecule has 3 rings (SSSR count). The largest absolute Gasteiger partial charge is 0.339 e. The molecular weight excluding hydrogens is 300 g/mol. The molecule has 22 heavy (non-hydrogen) atoms. The van der Waals surface area contributed by atoms with Gasteiger partial charge in [-0.3, -0.25) is 4.90 Å². The monoisotopic (exact) mass is 322 g/mol. The number of halogens is 1. The van der Waals surface area contributed by atoms with Crippen molar-refractivity contribution in [2.75, 3.05) is 19.6 Å². The van der Waals surface area contributed by atoms with E-state index in [9.17, 15) is 0 Å². The molecule has 1 saturated heterocycles. The summed E-state index contributed by atoms with van der Waals surface area (Å²) >= 11 is 0. The first-order chi connectivity index (χ1) is 10.3. The van der Waals surface area contributed by atoms with E-state index >= 15 is 0 Å². The standard InChI is InChI=1S/C16H22N4O.ClH/c1-2-16-18-15(19-21-16)11-20-9-13(8-17)14(10-20)12-6-4-3-5-7-12;/h3-7,13-14H,2,8-11,17H2,1H3;1H/t13-,14+;/m1./s1. The number of nitrogens with zero attached hydrogens (tertiary/aromatic N) is 3. The van der Waals surface area contributed by atoms with Crippen molar-refractivity contribution in [3.8, 4) is 0 Å². The maximum Gasteiger partial charge on any atom is 0.226 e. The zero-order chi connectivity index (χ0) is 14.7. The average Bonchev–Trinajstić information content (AvgIpc) is 3.15. The van der Waals surface area contributed by atoms with Crippen LogP contribution in [0.2, 0.25) is 0 Å². The summed E-state index contributed by atoms with van der Waals surface area (Å²) in [5, 5.41) is 4.04. The lowest BCUT2D eigenvalue weighted by Gasteiger charge is -2.16. The predicted octanol–water partition coefficient (Wildman–Crippen LogP) is 2.23. The van der Waals surface area contributed by atoms with Crippen LogP contribution < -0.4 is 5.73 Å². The molecule has 0 saturated carbocycles. The van der Waals surface area contributed by atoms with Gasteiger partial charge in [0, 0.05) is 25.4 Å². The number of nitrogens with two attached hydrogens (primary N) is 1. The minimum Gasteiger partial charge on any atom is -0.339 e. The van der Waals surface area contributed by atoms with E-state index in [1.54, 1.807) is 0 Å². The van der Waals surface area contributed by atoms with Gasteiger partial charge in [0.05, 0.1) is 6.54 Å². The van der Waals surface area contributed by atoms with Crippen LogP contribution >= 0.6 is 12.4 Å².